The van der Waals surface area contributed by atoms with Crippen molar-refractivity contribution in [2.45, 2.75) is 13.0 Å². The molecule has 128 valence electrons. The Bertz CT molecular complexity index is 793. The van der Waals surface area contributed by atoms with E-state index in [-0.39, 0.29) is 13.2 Å². The van der Waals surface area contributed by atoms with Gasteiger partial charge in [-0.05, 0) is 30.2 Å². The predicted octanol–water partition coefficient (Wildman–Crippen LogP) is 3.42. The highest BCUT2D eigenvalue weighted by Crippen LogP contribution is 2.28. The Balaban J connectivity index is 1.91. The summed E-state index contributed by atoms with van der Waals surface area (Å²) in [6.45, 7) is 3.48. The fourth-order valence-electron chi connectivity index (χ4n) is 2.22. The molecule has 0 saturated heterocycles. The van der Waals surface area contributed by atoms with E-state index in [9.17, 15) is 4.79 Å². The lowest BCUT2D eigenvalue weighted by molar-refractivity contribution is -0.147. The molecule has 0 amide bonds. The second-order valence-electron chi connectivity index (χ2n) is 5.20. The molecule has 2 aromatic carbocycles. The molecule has 0 atom stereocenters. The first-order valence-corrected chi connectivity index (χ1v) is 7.72. The maximum absolute atomic E-state index is 11.9. The Kier molecular flexibility index (Phi) is 6.61. The Morgan fingerprint density at radius 1 is 1.24 bits per heavy atom. The third-order valence-electron chi connectivity index (χ3n) is 3.48. The van der Waals surface area contributed by atoms with E-state index in [0.29, 0.717) is 22.6 Å². The average Bonchev–Trinajstić information content (AvgIpc) is 2.65. The molecule has 0 unspecified atom stereocenters. The van der Waals surface area contributed by atoms with Gasteiger partial charge in [-0.3, -0.25) is 0 Å². The van der Waals surface area contributed by atoms with Gasteiger partial charge in [0.15, 0.2) is 18.1 Å². The van der Waals surface area contributed by atoms with Gasteiger partial charge in [0.25, 0.3) is 0 Å². The van der Waals surface area contributed by atoms with Crippen molar-refractivity contribution in [3.05, 3.63) is 71.8 Å². The smallest absolute Gasteiger partial charge is 0.344 e. The van der Waals surface area contributed by atoms with Crippen molar-refractivity contribution in [1.82, 2.24) is 0 Å². The summed E-state index contributed by atoms with van der Waals surface area (Å²) in [6.07, 6.45) is 2.52. The van der Waals surface area contributed by atoms with Crippen molar-refractivity contribution >= 4 is 5.97 Å². The van der Waals surface area contributed by atoms with Crippen LogP contribution in [0.1, 0.15) is 16.7 Å². The minimum absolute atomic E-state index is 0.0291. The summed E-state index contributed by atoms with van der Waals surface area (Å²) >= 11 is 0. The second kappa shape index (κ2) is 9.14. The first-order chi connectivity index (χ1) is 12.2. The molecule has 0 aliphatic rings. The zero-order chi connectivity index (χ0) is 18.1. The van der Waals surface area contributed by atoms with Crippen LogP contribution in [0, 0.1) is 11.3 Å². The molecule has 0 N–H and O–H groups in total. The first kappa shape index (κ1) is 18.1. The number of methoxy groups -OCH3 is 1. The standard InChI is InChI=1S/C20H19NO4/c1-3-6-15-9-10-18(19(11-15)23-2)24-14-20(22)25-13-17-8-5-4-7-16(17)12-21/h3-5,7-11H,1,6,13-14H2,2H3. The zero-order valence-electron chi connectivity index (χ0n) is 14.0. The molecule has 0 aliphatic carbocycles. The van der Waals surface area contributed by atoms with Gasteiger partial charge in [-0.25, -0.2) is 4.79 Å². The molecular formula is C20H19NO4. The molecule has 0 spiro atoms. The summed E-state index contributed by atoms with van der Waals surface area (Å²) < 4.78 is 15.9. The highest BCUT2D eigenvalue weighted by molar-refractivity contribution is 5.71. The lowest BCUT2D eigenvalue weighted by Crippen LogP contribution is -2.15. The fraction of sp³-hybridized carbons (Fsp3) is 0.200. The number of rotatable bonds is 8. The van der Waals surface area contributed by atoms with Crippen LogP contribution in [-0.4, -0.2) is 19.7 Å². The molecule has 0 fully saturated rings. The summed E-state index contributed by atoms with van der Waals surface area (Å²) in [7, 11) is 1.54. The lowest BCUT2D eigenvalue weighted by atomic mass is 10.1. The molecule has 5 heteroatoms. The predicted molar refractivity (Wildman–Crippen MR) is 93.3 cm³/mol. The normalized spacial score (nSPS) is 9.76. The van der Waals surface area contributed by atoms with E-state index in [4.69, 9.17) is 19.5 Å². The monoisotopic (exact) mass is 337 g/mol. The van der Waals surface area contributed by atoms with Gasteiger partial charge in [-0.1, -0.05) is 30.3 Å². The van der Waals surface area contributed by atoms with Gasteiger partial charge in [0.2, 0.25) is 0 Å². The number of nitrogens with zero attached hydrogens (tertiary/aromatic N) is 1. The molecule has 0 heterocycles. The maximum Gasteiger partial charge on any atom is 0.344 e. The van der Waals surface area contributed by atoms with E-state index in [1.807, 2.05) is 12.1 Å². The third-order valence-corrected chi connectivity index (χ3v) is 3.48. The summed E-state index contributed by atoms with van der Waals surface area (Å²) in [4.78, 5) is 11.9. The molecular weight excluding hydrogens is 318 g/mol. The van der Waals surface area contributed by atoms with Crippen LogP contribution in [0.4, 0.5) is 0 Å². The van der Waals surface area contributed by atoms with Crippen molar-refractivity contribution in [3.8, 4) is 17.6 Å². The van der Waals surface area contributed by atoms with E-state index in [0.717, 1.165) is 12.0 Å². The number of nitriles is 1. The summed E-state index contributed by atoms with van der Waals surface area (Å²) in [6, 6.07) is 14.5. The van der Waals surface area contributed by atoms with E-state index in [2.05, 4.69) is 12.6 Å². The van der Waals surface area contributed by atoms with Gasteiger partial charge in [0.1, 0.15) is 6.61 Å². The Hall–Kier alpha value is -3.26. The number of carbonyl (C=O) groups excluding carboxylic acids is 1. The number of carbonyl (C=O) groups is 1. The first-order valence-electron chi connectivity index (χ1n) is 7.72. The van der Waals surface area contributed by atoms with Crippen LogP contribution < -0.4 is 9.47 Å². The molecule has 5 nitrogen and oxygen atoms in total. The lowest BCUT2D eigenvalue weighted by Gasteiger charge is -2.12. The molecule has 2 aromatic rings. The quantitative estimate of drug-likeness (QED) is 0.545. The van der Waals surface area contributed by atoms with Gasteiger partial charge in [0, 0.05) is 5.56 Å². The van der Waals surface area contributed by atoms with Gasteiger partial charge in [-0.2, -0.15) is 5.26 Å². The van der Waals surface area contributed by atoms with Crippen molar-refractivity contribution in [2.24, 2.45) is 0 Å². The molecule has 0 aromatic heterocycles. The van der Waals surface area contributed by atoms with Gasteiger partial charge >= 0.3 is 5.97 Å². The van der Waals surface area contributed by atoms with E-state index in [1.54, 1.807) is 36.4 Å². The SMILES string of the molecule is C=CCc1ccc(OCC(=O)OCc2ccccc2C#N)c(OC)c1. The number of hydrogen-bond donors (Lipinski definition) is 0. The second-order valence-corrected chi connectivity index (χ2v) is 5.20. The molecule has 2 rings (SSSR count). The van der Waals surface area contributed by atoms with Crippen molar-refractivity contribution in [1.29, 1.82) is 5.26 Å². The van der Waals surface area contributed by atoms with E-state index < -0.39 is 5.97 Å². The van der Waals surface area contributed by atoms with E-state index >= 15 is 0 Å². The Labute approximate surface area is 147 Å². The Morgan fingerprint density at radius 3 is 2.76 bits per heavy atom. The summed E-state index contributed by atoms with van der Waals surface area (Å²) in [5.74, 6) is 0.483. The van der Waals surface area contributed by atoms with Crippen molar-refractivity contribution < 1.29 is 19.0 Å². The zero-order valence-corrected chi connectivity index (χ0v) is 14.0. The minimum Gasteiger partial charge on any atom is -0.493 e. The van der Waals surface area contributed by atoms with Crippen LogP contribution in [0.15, 0.2) is 55.1 Å². The largest absolute Gasteiger partial charge is 0.493 e. The van der Waals surface area contributed by atoms with E-state index in [1.165, 1.54) is 7.11 Å². The van der Waals surface area contributed by atoms with Gasteiger partial charge in [-0.15, -0.1) is 6.58 Å². The number of allylic oxidation sites excluding steroid dienone is 1. The van der Waals surface area contributed by atoms with Crippen LogP contribution in [0.25, 0.3) is 0 Å². The topological polar surface area (TPSA) is 68.5 Å². The summed E-state index contributed by atoms with van der Waals surface area (Å²) in [5, 5.41) is 9.02. The molecule has 0 aliphatic heterocycles. The third kappa shape index (κ3) is 5.11. The van der Waals surface area contributed by atoms with Crippen LogP contribution in [0.5, 0.6) is 11.5 Å². The van der Waals surface area contributed by atoms with Crippen LogP contribution >= 0.6 is 0 Å². The molecule has 0 saturated carbocycles. The maximum atomic E-state index is 11.9. The van der Waals surface area contributed by atoms with Gasteiger partial charge in [0.05, 0.1) is 18.7 Å². The molecule has 25 heavy (non-hydrogen) atoms. The number of ether oxygens (including phenoxy) is 3. The van der Waals surface area contributed by atoms with Gasteiger partial charge < -0.3 is 14.2 Å². The Morgan fingerprint density at radius 2 is 2.04 bits per heavy atom. The van der Waals surface area contributed by atoms with Crippen molar-refractivity contribution in [3.63, 3.8) is 0 Å². The molecule has 0 radical (unpaired) electrons. The van der Waals surface area contributed by atoms with Crippen LogP contribution in [-0.2, 0) is 22.6 Å². The fourth-order valence-corrected chi connectivity index (χ4v) is 2.22. The highest BCUT2D eigenvalue weighted by atomic mass is 16.6. The van der Waals surface area contributed by atoms with Crippen LogP contribution in [0.3, 0.4) is 0 Å². The number of hydrogen-bond acceptors (Lipinski definition) is 5. The number of esters is 1. The van der Waals surface area contributed by atoms with Crippen molar-refractivity contribution in [2.75, 3.05) is 13.7 Å². The minimum atomic E-state index is -0.523. The average molecular weight is 337 g/mol. The highest BCUT2D eigenvalue weighted by Gasteiger charge is 2.10. The van der Waals surface area contributed by atoms with Crippen LogP contribution in [0.2, 0.25) is 0 Å². The summed E-state index contributed by atoms with van der Waals surface area (Å²) in [5.41, 5.74) is 2.18. The molecule has 0 bridgehead atoms. The number of benzene rings is 2.